The molecule has 3 rings (SSSR count). The van der Waals surface area contributed by atoms with Gasteiger partial charge in [0.05, 0.1) is 0 Å². The zero-order valence-electron chi connectivity index (χ0n) is 12.5. The van der Waals surface area contributed by atoms with Crippen LogP contribution in [0.15, 0.2) is 52.9 Å². The van der Waals surface area contributed by atoms with Crippen molar-refractivity contribution in [3.63, 3.8) is 0 Å². The van der Waals surface area contributed by atoms with Crippen LogP contribution in [0.4, 0.5) is 10.8 Å². The quantitative estimate of drug-likeness (QED) is 0.795. The van der Waals surface area contributed by atoms with E-state index < -0.39 is 0 Å². The Morgan fingerprint density at radius 1 is 1.18 bits per heavy atom. The molecule has 0 aliphatic heterocycles. The lowest BCUT2D eigenvalue weighted by Gasteiger charge is -2.12. The van der Waals surface area contributed by atoms with E-state index >= 15 is 0 Å². The second kappa shape index (κ2) is 5.89. The molecule has 0 bridgehead atoms. The first kappa shape index (κ1) is 14.1. The number of oxazole rings is 1. The average molecular weight is 295 g/mol. The van der Waals surface area contributed by atoms with Crippen molar-refractivity contribution in [2.24, 2.45) is 0 Å². The number of carbonyl (C=O) groups is 1. The standard InChI is InChI=1S/C17H17N3O2/c1-3-20(2)17(21)19-16-18-14-11-13(9-10-15(14)22-16)12-7-5-4-6-8-12/h4-11H,3H2,1-2H3,(H,18,19,21). The molecule has 22 heavy (non-hydrogen) atoms. The van der Waals surface area contributed by atoms with Crippen molar-refractivity contribution in [1.29, 1.82) is 0 Å². The second-order valence-corrected chi connectivity index (χ2v) is 5.01. The van der Waals surface area contributed by atoms with Crippen molar-refractivity contribution < 1.29 is 9.21 Å². The highest BCUT2D eigenvalue weighted by Crippen LogP contribution is 2.26. The number of fused-ring (bicyclic) bond motifs is 1. The van der Waals surface area contributed by atoms with E-state index in [0.29, 0.717) is 12.1 Å². The van der Waals surface area contributed by atoms with Gasteiger partial charge in [0.2, 0.25) is 0 Å². The highest BCUT2D eigenvalue weighted by Gasteiger charge is 2.12. The Morgan fingerprint density at radius 3 is 2.68 bits per heavy atom. The molecule has 0 fully saturated rings. The van der Waals surface area contributed by atoms with Crippen LogP contribution in [-0.4, -0.2) is 29.5 Å². The summed E-state index contributed by atoms with van der Waals surface area (Å²) in [5.74, 6) is 0. The third kappa shape index (κ3) is 2.79. The van der Waals surface area contributed by atoms with Gasteiger partial charge in [0.15, 0.2) is 5.58 Å². The predicted octanol–water partition coefficient (Wildman–Crippen LogP) is 3.98. The Hall–Kier alpha value is -2.82. The largest absolute Gasteiger partial charge is 0.423 e. The SMILES string of the molecule is CCN(C)C(=O)Nc1nc2cc(-c3ccccc3)ccc2o1. The molecule has 0 radical (unpaired) electrons. The van der Waals surface area contributed by atoms with Crippen molar-refractivity contribution in [3.8, 4) is 11.1 Å². The minimum atomic E-state index is -0.239. The van der Waals surface area contributed by atoms with E-state index in [2.05, 4.69) is 10.3 Å². The van der Waals surface area contributed by atoms with Crippen LogP contribution in [0.3, 0.4) is 0 Å². The molecule has 112 valence electrons. The number of hydrogen-bond acceptors (Lipinski definition) is 3. The van der Waals surface area contributed by atoms with Crippen LogP contribution in [0.25, 0.3) is 22.2 Å². The molecule has 5 nitrogen and oxygen atoms in total. The summed E-state index contributed by atoms with van der Waals surface area (Å²) in [6.45, 7) is 2.52. The number of anilines is 1. The number of urea groups is 1. The lowest BCUT2D eigenvalue weighted by Crippen LogP contribution is -2.31. The number of amides is 2. The fraction of sp³-hybridized carbons (Fsp3) is 0.176. The molecule has 0 saturated heterocycles. The fourth-order valence-corrected chi connectivity index (χ4v) is 2.12. The zero-order valence-corrected chi connectivity index (χ0v) is 12.5. The number of nitrogens with one attached hydrogen (secondary N) is 1. The highest BCUT2D eigenvalue weighted by molar-refractivity contribution is 5.89. The van der Waals surface area contributed by atoms with Gasteiger partial charge in [-0.3, -0.25) is 5.32 Å². The lowest BCUT2D eigenvalue weighted by molar-refractivity contribution is 0.224. The molecule has 1 heterocycles. The maximum Gasteiger partial charge on any atom is 0.325 e. The lowest BCUT2D eigenvalue weighted by atomic mass is 10.1. The summed E-state index contributed by atoms with van der Waals surface area (Å²) in [6, 6.07) is 15.8. The molecule has 2 amide bonds. The summed E-state index contributed by atoms with van der Waals surface area (Å²) >= 11 is 0. The molecule has 2 aromatic carbocycles. The molecule has 5 heteroatoms. The van der Waals surface area contributed by atoms with Gasteiger partial charge in [-0.1, -0.05) is 36.4 Å². The van der Waals surface area contributed by atoms with E-state index in [1.807, 2.05) is 55.5 Å². The molecule has 3 aromatic rings. The molecule has 1 N–H and O–H groups in total. The summed E-state index contributed by atoms with van der Waals surface area (Å²) in [7, 11) is 1.71. The van der Waals surface area contributed by atoms with Crippen molar-refractivity contribution in [2.75, 3.05) is 18.9 Å². The van der Waals surface area contributed by atoms with Crippen molar-refractivity contribution >= 4 is 23.1 Å². The first-order chi connectivity index (χ1) is 10.7. The molecule has 0 atom stereocenters. The third-order valence-electron chi connectivity index (χ3n) is 3.53. The number of hydrogen-bond donors (Lipinski definition) is 1. The van der Waals surface area contributed by atoms with Crippen LogP contribution in [0.5, 0.6) is 0 Å². The Morgan fingerprint density at radius 2 is 1.95 bits per heavy atom. The third-order valence-corrected chi connectivity index (χ3v) is 3.53. The molecule has 0 saturated carbocycles. The van der Waals surface area contributed by atoms with Crippen molar-refractivity contribution in [1.82, 2.24) is 9.88 Å². The minimum absolute atomic E-state index is 0.213. The number of nitrogens with zero attached hydrogens (tertiary/aromatic N) is 2. The van der Waals surface area contributed by atoms with Crippen molar-refractivity contribution in [3.05, 3.63) is 48.5 Å². The van der Waals surface area contributed by atoms with E-state index in [1.54, 1.807) is 11.9 Å². The Kier molecular flexibility index (Phi) is 3.78. The number of benzene rings is 2. The van der Waals surface area contributed by atoms with E-state index in [9.17, 15) is 4.79 Å². The Labute approximate surface area is 128 Å². The van der Waals surface area contributed by atoms with Gasteiger partial charge in [0.1, 0.15) is 5.52 Å². The molecular weight excluding hydrogens is 278 g/mol. The summed E-state index contributed by atoms with van der Waals surface area (Å²) in [6.07, 6.45) is 0. The summed E-state index contributed by atoms with van der Waals surface area (Å²) in [5, 5.41) is 2.65. The van der Waals surface area contributed by atoms with E-state index in [1.165, 1.54) is 0 Å². The van der Waals surface area contributed by atoms with Crippen LogP contribution in [0, 0.1) is 0 Å². The van der Waals surface area contributed by atoms with Gasteiger partial charge < -0.3 is 9.32 Å². The van der Waals surface area contributed by atoms with E-state index in [4.69, 9.17) is 4.42 Å². The number of carbonyl (C=O) groups excluding carboxylic acids is 1. The highest BCUT2D eigenvalue weighted by atomic mass is 16.4. The molecule has 0 spiro atoms. The first-order valence-electron chi connectivity index (χ1n) is 7.15. The van der Waals surface area contributed by atoms with Gasteiger partial charge in [0.25, 0.3) is 0 Å². The summed E-state index contributed by atoms with van der Waals surface area (Å²) in [5.41, 5.74) is 3.54. The molecule has 1 aromatic heterocycles. The molecule has 0 aliphatic carbocycles. The maximum atomic E-state index is 11.8. The van der Waals surface area contributed by atoms with Gasteiger partial charge in [-0.15, -0.1) is 0 Å². The fourth-order valence-electron chi connectivity index (χ4n) is 2.12. The van der Waals surface area contributed by atoms with Crippen LogP contribution >= 0.6 is 0 Å². The van der Waals surface area contributed by atoms with E-state index in [0.717, 1.165) is 16.6 Å². The van der Waals surface area contributed by atoms with Crippen LogP contribution in [-0.2, 0) is 0 Å². The van der Waals surface area contributed by atoms with Crippen LogP contribution in [0.1, 0.15) is 6.92 Å². The maximum absolute atomic E-state index is 11.8. The predicted molar refractivity (Wildman–Crippen MR) is 86.8 cm³/mol. The van der Waals surface area contributed by atoms with Gasteiger partial charge in [-0.05, 0) is 30.2 Å². The Balaban J connectivity index is 1.89. The smallest absolute Gasteiger partial charge is 0.325 e. The number of rotatable bonds is 3. The summed E-state index contributed by atoms with van der Waals surface area (Å²) in [4.78, 5) is 17.7. The molecule has 0 unspecified atom stereocenters. The number of aromatic nitrogens is 1. The molecular formula is C17H17N3O2. The minimum Gasteiger partial charge on any atom is -0.423 e. The van der Waals surface area contributed by atoms with Gasteiger partial charge in [-0.25, -0.2) is 4.79 Å². The van der Waals surface area contributed by atoms with Gasteiger partial charge in [0, 0.05) is 13.6 Å². The monoisotopic (exact) mass is 295 g/mol. The van der Waals surface area contributed by atoms with E-state index in [-0.39, 0.29) is 12.0 Å². The average Bonchev–Trinajstić information content (AvgIpc) is 2.96. The van der Waals surface area contributed by atoms with Crippen LogP contribution < -0.4 is 5.32 Å². The van der Waals surface area contributed by atoms with Gasteiger partial charge >= 0.3 is 12.0 Å². The second-order valence-electron chi connectivity index (χ2n) is 5.01. The zero-order chi connectivity index (χ0) is 15.5. The normalized spacial score (nSPS) is 10.6. The Bertz CT molecular complexity index is 796. The van der Waals surface area contributed by atoms with Crippen molar-refractivity contribution in [2.45, 2.75) is 6.92 Å². The van der Waals surface area contributed by atoms with Crippen LogP contribution in [0.2, 0.25) is 0 Å². The summed E-state index contributed by atoms with van der Waals surface area (Å²) < 4.78 is 5.55. The van der Waals surface area contributed by atoms with Gasteiger partial charge in [-0.2, -0.15) is 4.98 Å². The first-order valence-corrected chi connectivity index (χ1v) is 7.15. The topological polar surface area (TPSA) is 58.4 Å². The molecule has 0 aliphatic rings.